The number of hydrogen-bond acceptors (Lipinski definition) is 3. The summed E-state index contributed by atoms with van der Waals surface area (Å²) in [6, 6.07) is 7.03. The van der Waals surface area contributed by atoms with Crippen LogP contribution >= 0.6 is 0 Å². The molecule has 0 saturated heterocycles. The number of aromatic hydroxyl groups is 1. The number of phenolic OH excluding ortho intramolecular Hbond substituents is 1. The molecule has 1 aliphatic carbocycles. The lowest BCUT2D eigenvalue weighted by atomic mass is 9.62. The summed E-state index contributed by atoms with van der Waals surface area (Å²) in [4.78, 5) is 23.4. The van der Waals surface area contributed by atoms with Gasteiger partial charge in [-0.1, -0.05) is 39.8 Å². The fourth-order valence-corrected chi connectivity index (χ4v) is 4.03. The van der Waals surface area contributed by atoms with Gasteiger partial charge in [0.05, 0.1) is 17.7 Å². The van der Waals surface area contributed by atoms with Gasteiger partial charge in [0.15, 0.2) is 0 Å². The number of carbonyl (C=O) groups is 2. The van der Waals surface area contributed by atoms with E-state index in [0.29, 0.717) is 5.56 Å². The summed E-state index contributed by atoms with van der Waals surface area (Å²) in [5.74, 6) is -2.44. The molecule has 1 aliphatic rings. The number of carboxylic acids is 1. The van der Waals surface area contributed by atoms with E-state index in [-0.39, 0.29) is 34.3 Å². The van der Waals surface area contributed by atoms with Crippen molar-refractivity contribution in [1.29, 1.82) is 0 Å². The van der Waals surface area contributed by atoms with Crippen LogP contribution in [0.25, 0.3) is 0 Å². The highest BCUT2D eigenvalue weighted by atomic mass is 19.1. The van der Waals surface area contributed by atoms with Crippen molar-refractivity contribution in [3.05, 3.63) is 58.4 Å². The summed E-state index contributed by atoms with van der Waals surface area (Å²) < 4.78 is 14.1. The second-order valence-corrected chi connectivity index (χ2v) is 8.99. The van der Waals surface area contributed by atoms with Crippen molar-refractivity contribution in [2.45, 2.75) is 57.8 Å². The minimum Gasteiger partial charge on any atom is -0.507 e. The maximum Gasteiger partial charge on any atom is 0.335 e. The number of hydrogen-bond donors (Lipinski definition) is 3. The number of carboxylic acid groups (broad SMARTS) is 1. The summed E-state index contributed by atoms with van der Waals surface area (Å²) in [5.41, 5.74) is 1.88. The molecular formula is C23H26FNO4. The molecule has 0 aromatic heterocycles. The fourth-order valence-electron chi connectivity index (χ4n) is 4.03. The zero-order chi connectivity index (χ0) is 21.6. The van der Waals surface area contributed by atoms with Crippen LogP contribution in [-0.4, -0.2) is 22.1 Å². The van der Waals surface area contributed by atoms with Gasteiger partial charge in [-0.2, -0.15) is 0 Å². The van der Waals surface area contributed by atoms with Crippen molar-refractivity contribution >= 4 is 17.6 Å². The molecule has 0 radical (unpaired) electrons. The summed E-state index contributed by atoms with van der Waals surface area (Å²) in [6.07, 6.45) is 1.82. The number of carbonyl (C=O) groups excluding carboxylic acids is 1. The smallest absolute Gasteiger partial charge is 0.335 e. The van der Waals surface area contributed by atoms with Gasteiger partial charge in [-0.05, 0) is 47.4 Å². The van der Waals surface area contributed by atoms with E-state index in [2.05, 4.69) is 33.0 Å². The molecule has 3 N–H and O–H groups in total. The van der Waals surface area contributed by atoms with E-state index in [1.807, 2.05) is 6.07 Å². The number of aromatic carboxylic acids is 1. The molecule has 0 fully saturated rings. The Morgan fingerprint density at radius 2 is 1.72 bits per heavy atom. The Hall–Kier alpha value is -2.89. The highest BCUT2D eigenvalue weighted by Gasteiger charge is 2.39. The molecule has 0 aliphatic heterocycles. The maximum atomic E-state index is 14.1. The Morgan fingerprint density at radius 3 is 2.34 bits per heavy atom. The molecule has 0 unspecified atom stereocenters. The van der Waals surface area contributed by atoms with Crippen molar-refractivity contribution in [1.82, 2.24) is 0 Å². The summed E-state index contributed by atoms with van der Waals surface area (Å²) in [5, 5.41) is 22.3. The lowest BCUT2D eigenvalue weighted by Crippen LogP contribution is -2.34. The number of nitrogens with one attached hydrogen (secondary N) is 1. The second-order valence-electron chi connectivity index (χ2n) is 8.99. The lowest BCUT2D eigenvalue weighted by molar-refractivity contribution is -0.115. The zero-order valence-electron chi connectivity index (χ0n) is 17.1. The Kier molecular flexibility index (Phi) is 5.15. The van der Waals surface area contributed by atoms with Gasteiger partial charge in [0.2, 0.25) is 5.91 Å². The van der Waals surface area contributed by atoms with Crippen LogP contribution in [0.2, 0.25) is 0 Å². The number of rotatable bonds is 4. The van der Waals surface area contributed by atoms with E-state index in [9.17, 15) is 19.1 Å². The fraction of sp³-hybridized carbons (Fsp3) is 0.391. The van der Waals surface area contributed by atoms with Gasteiger partial charge in [0.1, 0.15) is 11.6 Å². The van der Waals surface area contributed by atoms with Crippen molar-refractivity contribution < 1.29 is 24.2 Å². The molecule has 0 saturated carbocycles. The van der Waals surface area contributed by atoms with E-state index < -0.39 is 17.7 Å². The maximum absolute atomic E-state index is 14.1. The van der Waals surface area contributed by atoms with Crippen LogP contribution in [0.5, 0.6) is 5.75 Å². The van der Waals surface area contributed by atoms with E-state index >= 15 is 0 Å². The SMILES string of the molecule is CC1(C)CCC(C)(C)c2c1ccc(CC(=O)Nc1ccc(C(=O)O)cc1F)c2O. The normalized spacial score (nSPS) is 16.7. The molecular weight excluding hydrogens is 373 g/mol. The molecule has 2 aromatic carbocycles. The van der Waals surface area contributed by atoms with Crippen molar-refractivity contribution in [3.8, 4) is 5.75 Å². The van der Waals surface area contributed by atoms with Gasteiger partial charge in [-0.15, -0.1) is 0 Å². The molecule has 5 nitrogen and oxygen atoms in total. The molecule has 0 spiro atoms. The molecule has 154 valence electrons. The molecule has 29 heavy (non-hydrogen) atoms. The number of phenols is 1. The van der Waals surface area contributed by atoms with Crippen LogP contribution < -0.4 is 5.32 Å². The van der Waals surface area contributed by atoms with Crippen LogP contribution in [0.4, 0.5) is 10.1 Å². The second kappa shape index (κ2) is 7.17. The number of fused-ring (bicyclic) bond motifs is 1. The van der Waals surface area contributed by atoms with Crippen LogP contribution in [0, 0.1) is 5.82 Å². The van der Waals surface area contributed by atoms with Crippen molar-refractivity contribution in [2.75, 3.05) is 5.32 Å². The van der Waals surface area contributed by atoms with E-state index in [4.69, 9.17) is 5.11 Å². The van der Waals surface area contributed by atoms with Crippen LogP contribution in [0.3, 0.4) is 0 Å². The standard InChI is InChI=1S/C23H26FNO4/c1-22(2)9-10-23(3,4)19-15(22)7-5-13(20(19)27)12-18(26)25-17-8-6-14(21(28)29)11-16(17)24/h5-8,11,27H,9-10,12H2,1-4H3,(H,25,26)(H,28,29). The largest absolute Gasteiger partial charge is 0.507 e. The molecule has 0 bridgehead atoms. The molecule has 0 atom stereocenters. The molecule has 6 heteroatoms. The minimum absolute atomic E-state index is 0.0574. The third kappa shape index (κ3) is 3.97. The third-order valence-corrected chi connectivity index (χ3v) is 5.88. The van der Waals surface area contributed by atoms with Crippen LogP contribution in [0.15, 0.2) is 30.3 Å². The predicted octanol–water partition coefficient (Wildman–Crippen LogP) is 4.76. The number of amides is 1. The van der Waals surface area contributed by atoms with E-state index in [0.717, 1.165) is 30.0 Å². The molecule has 1 amide bonds. The molecule has 2 aromatic rings. The van der Waals surface area contributed by atoms with Gasteiger partial charge in [-0.25, -0.2) is 9.18 Å². The van der Waals surface area contributed by atoms with E-state index in [1.165, 1.54) is 12.1 Å². The average Bonchev–Trinajstić information content (AvgIpc) is 2.62. The monoisotopic (exact) mass is 399 g/mol. The number of halogens is 1. The Morgan fingerprint density at radius 1 is 1.07 bits per heavy atom. The lowest BCUT2D eigenvalue weighted by Gasteiger charge is -2.42. The molecule has 3 rings (SSSR count). The van der Waals surface area contributed by atoms with Gasteiger partial charge in [-0.3, -0.25) is 4.79 Å². The van der Waals surface area contributed by atoms with Gasteiger partial charge < -0.3 is 15.5 Å². The first-order valence-electron chi connectivity index (χ1n) is 9.61. The Balaban J connectivity index is 1.86. The minimum atomic E-state index is -1.24. The number of anilines is 1. The zero-order valence-corrected chi connectivity index (χ0v) is 17.1. The highest BCUT2D eigenvalue weighted by molar-refractivity contribution is 5.94. The van der Waals surface area contributed by atoms with Crippen LogP contribution in [-0.2, 0) is 22.0 Å². The molecule has 0 heterocycles. The Bertz CT molecular complexity index is 995. The summed E-state index contributed by atoms with van der Waals surface area (Å²) >= 11 is 0. The van der Waals surface area contributed by atoms with Crippen molar-refractivity contribution in [2.24, 2.45) is 0 Å². The predicted molar refractivity (Wildman–Crippen MR) is 109 cm³/mol. The van der Waals surface area contributed by atoms with E-state index in [1.54, 1.807) is 6.07 Å². The first kappa shape index (κ1) is 20.8. The van der Waals surface area contributed by atoms with Gasteiger partial charge >= 0.3 is 5.97 Å². The average molecular weight is 399 g/mol. The number of benzene rings is 2. The first-order valence-corrected chi connectivity index (χ1v) is 9.61. The summed E-state index contributed by atoms with van der Waals surface area (Å²) in [7, 11) is 0. The third-order valence-electron chi connectivity index (χ3n) is 5.88. The van der Waals surface area contributed by atoms with Crippen molar-refractivity contribution in [3.63, 3.8) is 0 Å². The van der Waals surface area contributed by atoms with Gasteiger partial charge in [0, 0.05) is 11.1 Å². The van der Waals surface area contributed by atoms with Gasteiger partial charge in [0.25, 0.3) is 0 Å². The summed E-state index contributed by atoms with van der Waals surface area (Å²) in [6.45, 7) is 8.47. The Labute approximate surface area is 169 Å². The quantitative estimate of drug-likeness (QED) is 0.692. The first-order chi connectivity index (χ1) is 13.4. The van der Waals surface area contributed by atoms with Crippen LogP contribution in [0.1, 0.15) is 67.6 Å². The topological polar surface area (TPSA) is 86.6 Å². The highest BCUT2D eigenvalue weighted by Crippen LogP contribution is 2.50.